The van der Waals surface area contributed by atoms with Gasteiger partial charge in [-0.3, -0.25) is 0 Å². The van der Waals surface area contributed by atoms with Crippen LogP contribution in [0, 0.1) is 16.7 Å². The molecular weight excluding hydrogens is 358 g/mol. The van der Waals surface area contributed by atoms with Crippen molar-refractivity contribution in [3.05, 3.63) is 23.8 Å². The molecule has 0 aromatic heterocycles. The van der Waals surface area contributed by atoms with E-state index in [-0.39, 0.29) is 12.1 Å². The zero-order chi connectivity index (χ0) is 20.9. The largest absolute Gasteiger partial charge is 0.497 e. The van der Waals surface area contributed by atoms with Crippen molar-refractivity contribution in [2.75, 3.05) is 27.3 Å². The van der Waals surface area contributed by atoms with E-state index in [4.69, 9.17) is 14.2 Å². The smallest absolute Gasteiger partial charge is 0.410 e. The van der Waals surface area contributed by atoms with Crippen LogP contribution in [0.5, 0.6) is 11.5 Å². The third-order valence-electron chi connectivity index (χ3n) is 4.92. The summed E-state index contributed by atoms with van der Waals surface area (Å²) in [6, 6.07) is 8.02. The quantitative estimate of drug-likeness (QED) is 0.832. The van der Waals surface area contributed by atoms with Crippen molar-refractivity contribution in [3.8, 4) is 17.6 Å². The monoisotopic (exact) mass is 389 g/mol. The van der Waals surface area contributed by atoms with Crippen molar-refractivity contribution in [1.82, 2.24) is 10.2 Å². The van der Waals surface area contributed by atoms with Crippen molar-refractivity contribution in [1.29, 1.82) is 5.26 Å². The molecule has 0 spiro atoms. The molecule has 154 valence electrons. The predicted molar refractivity (Wildman–Crippen MR) is 106 cm³/mol. The van der Waals surface area contributed by atoms with Gasteiger partial charge in [0, 0.05) is 37.3 Å². The molecule has 1 fully saturated rings. The lowest BCUT2D eigenvalue weighted by molar-refractivity contribution is 0.00753. The van der Waals surface area contributed by atoms with E-state index in [1.807, 2.05) is 45.9 Å². The number of benzene rings is 1. The Balaban J connectivity index is 2.06. The van der Waals surface area contributed by atoms with Gasteiger partial charge in [-0.25, -0.2) is 4.79 Å². The van der Waals surface area contributed by atoms with Gasteiger partial charge in [0.05, 0.1) is 25.7 Å². The van der Waals surface area contributed by atoms with Crippen LogP contribution in [0.25, 0.3) is 0 Å². The summed E-state index contributed by atoms with van der Waals surface area (Å²) in [4.78, 5) is 14.0. The van der Waals surface area contributed by atoms with E-state index >= 15 is 0 Å². The maximum atomic E-state index is 12.4. The number of carbonyl (C=O) groups excluding carboxylic acids is 1. The number of nitrogens with zero attached hydrogens (tertiary/aromatic N) is 2. The van der Waals surface area contributed by atoms with Crippen LogP contribution in [-0.4, -0.2) is 49.9 Å². The second kappa shape index (κ2) is 8.70. The molecule has 1 saturated heterocycles. The van der Waals surface area contributed by atoms with E-state index in [2.05, 4.69) is 11.4 Å². The fraction of sp³-hybridized carbons (Fsp3) is 0.619. The molecule has 7 nitrogen and oxygen atoms in total. The normalized spacial score (nSPS) is 22.3. The second-order valence-electron chi connectivity index (χ2n) is 8.33. The lowest BCUT2D eigenvalue weighted by Crippen LogP contribution is -2.56. The Morgan fingerprint density at radius 3 is 2.64 bits per heavy atom. The molecule has 0 bridgehead atoms. The minimum Gasteiger partial charge on any atom is -0.497 e. The van der Waals surface area contributed by atoms with E-state index < -0.39 is 11.0 Å². The molecule has 1 aliphatic heterocycles. The van der Waals surface area contributed by atoms with Crippen LogP contribution >= 0.6 is 0 Å². The highest BCUT2D eigenvalue weighted by molar-refractivity contribution is 5.68. The lowest BCUT2D eigenvalue weighted by Gasteiger charge is -2.42. The molecule has 1 aliphatic rings. The van der Waals surface area contributed by atoms with E-state index in [9.17, 15) is 10.1 Å². The molecule has 2 rings (SSSR count). The molecule has 0 aliphatic carbocycles. The average molecular weight is 389 g/mol. The fourth-order valence-electron chi connectivity index (χ4n) is 3.34. The number of hydrogen-bond acceptors (Lipinski definition) is 6. The molecule has 1 heterocycles. The van der Waals surface area contributed by atoms with E-state index in [1.54, 1.807) is 19.1 Å². The van der Waals surface area contributed by atoms with Crippen LogP contribution in [0.3, 0.4) is 0 Å². The summed E-state index contributed by atoms with van der Waals surface area (Å²) in [6.07, 6.45) is 0.297. The Morgan fingerprint density at radius 2 is 2.07 bits per heavy atom. The third kappa shape index (κ3) is 5.29. The summed E-state index contributed by atoms with van der Waals surface area (Å²) in [5, 5.41) is 13.3. The molecule has 28 heavy (non-hydrogen) atoms. The zero-order valence-electron chi connectivity index (χ0n) is 17.7. The number of carbonyl (C=O) groups is 1. The number of ether oxygens (including phenoxy) is 3. The molecule has 0 radical (unpaired) electrons. The topological polar surface area (TPSA) is 83.8 Å². The number of nitriles is 1. The van der Waals surface area contributed by atoms with E-state index in [0.717, 1.165) is 17.1 Å². The average Bonchev–Trinajstić information content (AvgIpc) is 2.65. The van der Waals surface area contributed by atoms with Crippen LogP contribution in [-0.2, 0) is 11.3 Å². The molecule has 1 aromatic rings. The van der Waals surface area contributed by atoms with Crippen molar-refractivity contribution >= 4 is 6.09 Å². The van der Waals surface area contributed by atoms with E-state index in [1.165, 1.54) is 0 Å². The van der Waals surface area contributed by atoms with Crippen LogP contribution in [0.4, 0.5) is 4.79 Å². The van der Waals surface area contributed by atoms with Crippen molar-refractivity contribution in [2.45, 2.75) is 52.3 Å². The zero-order valence-corrected chi connectivity index (χ0v) is 17.7. The highest BCUT2D eigenvalue weighted by Gasteiger charge is 2.42. The third-order valence-corrected chi connectivity index (χ3v) is 4.92. The summed E-state index contributed by atoms with van der Waals surface area (Å²) in [5.74, 6) is 1.46. The summed E-state index contributed by atoms with van der Waals surface area (Å²) in [6.45, 7) is 8.83. The first-order valence-electron chi connectivity index (χ1n) is 9.45. The van der Waals surface area contributed by atoms with Crippen molar-refractivity contribution in [2.24, 2.45) is 5.41 Å². The maximum Gasteiger partial charge on any atom is 0.410 e. The number of amides is 1. The van der Waals surface area contributed by atoms with Crippen LogP contribution in [0.15, 0.2) is 18.2 Å². The van der Waals surface area contributed by atoms with Gasteiger partial charge in [0.15, 0.2) is 0 Å². The Kier molecular flexibility index (Phi) is 6.78. The van der Waals surface area contributed by atoms with Gasteiger partial charge in [-0.05, 0) is 40.2 Å². The summed E-state index contributed by atoms with van der Waals surface area (Å²) < 4.78 is 16.1. The molecule has 2 atom stereocenters. The summed E-state index contributed by atoms with van der Waals surface area (Å²) in [7, 11) is 3.24. The molecule has 0 saturated carbocycles. The second-order valence-corrected chi connectivity index (χ2v) is 8.33. The number of rotatable bonds is 5. The van der Waals surface area contributed by atoms with Gasteiger partial charge in [0.1, 0.15) is 17.1 Å². The van der Waals surface area contributed by atoms with Crippen molar-refractivity contribution in [3.63, 3.8) is 0 Å². The lowest BCUT2D eigenvalue weighted by atomic mass is 9.78. The fourth-order valence-corrected chi connectivity index (χ4v) is 3.34. The van der Waals surface area contributed by atoms with Gasteiger partial charge in [0.2, 0.25) is 0 Å². The standard InChI is InChI=1S/C21H31N3O4/c1-20(2,3)28-19(25)24-10-9-18(21(4,13-22)14-24)23-12-15-7-8-16(26-5)11-17(15)27-6/h7-8,11,18,23H,9-10,12,14H2,1-6H3. The highest BCUT2D eigenvalue weighted by Crippen LogP contribution is 2.31. The Morgan fingerprint density at radius 1 is 1.36 bits per heavy atom. The number of likely N-dealkylation sites (tertiary alicyclic amines) is 1. The number of nitrogens with one attached hydrogen (secondary N) is 1. The summed E-state index contributed by atoms with van der Waals surface area (Å²) >= 11 is 0. The first-order chi connectivity index (χ1) is 13.1. The van der Waals surface area contributed by atoms with Crippen LogP contribution in [0.2, 0.25) is 0 Å². The van der Waals surface area contributed by atoms with Gasteiger partial charge >= 0.3 is 6.09 Å². The minimum absolute atomic E-state index is 0.0528. The molecule has 1 N–H and O–H groups in total. The number of piperidine rings is 1. The SMILES string of the molecule is COc1ccc(CNC2CCN(C(=O)OC(C)(C)C)CC2(C)C#N)c(OC)c1. The highest BCUT2D eigenvalue weighted by atomic mass is 16.6. The molecule has 1 amide bonds. The van der Waals surface area contributed by atoms with Gasteiger partial charge in [0.25, 0.3) is 0 Å². The van der Waals surface area contributed by atoms with Gasteiger partial charge < -0.3 is 24.4 Å². The van der Waals surface area contributed by atoms with Gasteiger partial charge in [-0.15, -0.1) is 0 Å². The number of hydrogen-bond donors (Lipinski definition) is 1. The van der Waals surface area contributed by atoms with E-state index in [0.29, 0.717) is 26.1 Å². The molecular formula is C21H31N3O4. The van der Waals surface area contributed by atoms with Crippen LogP contribution in [0.1, 0.15) is 39.7 Å². The van der Waals surface area contributed by atoms with Gasteiger partial charge in [-0.1, -0.05) is 6.07 Å². The molecule has 7 heteroatoms. The Labute approximate surface area is 167 Å². The number of methoxy groups -OCH3 is 2. The first kappa shape index (κ1) is 21.8. The minimum atomic E-state index is -0.713. The Bertz CT molecular complexity index is 738. The molecule has 2 unspecified atom stereocenters. The van der Waals surface area contributed by atoms with Gasteiger partial charge in [-0.2, -0.15) is 5.26 Å². The Hall–Kier alpha value is -2.46. The first-order valence-corrected chi connectivity index (χ1v) is 9.45. The molecule has 1 aromatic carbocycles. The van der Waals surface area contributed by atoms with Crippen LogP contribution < -0.4 is 14.8 Å². The van der Waals surface area contributed by atoms with Crippen molar-refractivity contribution < 1.29 is 19.0 Å². The predicted octanol–water partition coefficient (Wildman–Crippen LogP) is 3.33. The summed E-state index contributed by atoms with van der Waals surface area (Å²) in [5.41, 5.74) is -0.284. The maximum absolute atomic E-state index is 12.4.